The summed E-state index contributed by atoms with van der Waals surface area (Å²) in [6, 6.07) is 0.730. The van der Waals surface area contributed by atoms with Gasteiger partial charge in [0, 0.05) is 10.9 Å². The Morgan fingerprint density at radius 3 is 2.81 bits per heavy atom. The first kappa shape index (κ1) is 10.6. The van der Waals surface area contributed by atoms with Crippen LogP contribution >= 0.6 is 11.3 Å². The molecule has 0 amide bonds. The smallest absolute Gasteiger partial charge is 0.183 e. The lowest BCUT2D eigenvalue weighted by atomic mass is 9.83. The highest BCUT2D eigenvalue weighted by Crippen LogP contribution is 2.36. The van der Waals surface area contributed by atoms with Crippen LogP contribution in [0.2, 0.25) is 0 Å². The van der Waals surface area contributed by atoms with Crippen molar-refractivity contribution in [2.45, 2.75) is 52.0 Å². The fourth-order valence-electron chi connectivity index (χ4n) is 2.43. The fourth-order valence-corrected chi connectivity index (χ4v) is 3.61. The summed E-state index contributed by atoms with van der Waals surface area (Å²) < 4.78 is 0. The molecule has 1 heterocycles. The van der Waals surface area contributed by atoms with Gasteiger partial charge in [-0.05, 0) is 43.9 Å². The van der Waals surface area contributed by atoms with Gasteiger partial charge in [-0.2, -0.15) is 0 Å². The predicted molar refractivity (Wildman–Crippen MR) is 69.1 cm³/mol. The monoisotopic (exact) mass is 236 g/mol. The molecule has 1 saturated carbocycles. The van der Waals surface area contributed by atoms with E-state index in [0.29, 0.717) is 0 Å². The van der Waals surface area contributed by atoms with E-state index >= 15 is 0 Å². The van der Waals surface area contributed by atoms with Gasteiger partial charge in [-0.25, -0.2) is 4.98 Å². The molecule has 16 heavy (non-hydrogen) atoms. The topological polar surface area (TPSA) is 24.9 Å². The molecule has 2 aliphatic carbocycles. The third-order valence-corrected chi connectivity index (χ3v) is 4.88. The van der Waals surface area contributed by atoms with Crippen LogP contribution in [0.15, 0.2) is 0 Å². The zero-order chi connectivity index (χ0) is 11.1. The van der Waals surface area contributed by atoms with Crippen LogP contribution in [0.3, 0.4) is 0 Å². The third-order valence-electron chi connectivity index (χ3n) is 3.83. The van der Waals surface area contributed by atoms with E-state index in [1.807, 2.05) is 11.3 Å². The van der Waals surface area contributed by atoms with E-state index in [4.69, 9.17) is 4.98 Å². The number of aryl methyl sites for hydroxylation is 1. The molecular formula is C13H20N2S. The number of thiazole rings is 1. The van der Waals surface area contributed by atoms with Crippen LogP contribution in [-0.2, 0) is 12.8 Å². The van der Waals surface area contributed by atoms with E-state index in [0.717, 1.165) is 17.9 Å². The van der Waals surface area contributed by atoms with Gasteiger partial charge in [0.15, 0.2) is 5.13 Å². The first-order valence-electron chi connectivity index (χ1n) is 6.47. The zero-order valence-electron chi connectivity index (χ0n) is 10.1. The van der Waals surface area contributed by atoms with Crippen molar-refractivity contribution in [1.29, 1.82) is 0 Å². The van der Waals surface area contributed by atoms with Crippen LogP contribution in [0.1, 0.15) is 43.7 Å². The van der Waals surface area contributed by atoms with Gasteiger partial charge in [0.2, 0.25) is 0 Å². The van der Waals surface area contributed by atoms with Crippen molar-refractivity contribution < 1.29 is 0 Å². The highest BCUT2D eigenvalue weighted by Gasteiger charge is 2.27. The van der Waals surface area contributed by atoms with Crippen molar-refractivity contribution in [1.82, 2.24) is 4.98 Å². The highest BCUT2D eigenvalue weighted by atomic mass is 32.1. The van der Waals surface area contributed by atoms with Crippen LogP contribution < -0.4 is 5.32 Å². The van der Waals surface area contributed by atoms with Crippen LogP contribution in [0.4, 0.5) is 5.13 Å². The summed E-state index contributed by atoms with van der Waals surface area (Å²) >= 11 is 1.90. The molecule has 1 N–H and O–H groups in total. The van der Waals surface area contributed by atoms with Crippen molar-refractivity contribution in [3.63, 3.8) is 0 Å². The summed E-state index contributed by atoms with van der Waals surface area (Å²) in [5, 5.41) is 4.70. The third kappa shape index (κ3) is 2.10. The maximum absolute atomic E-state index is 4.73. The molecule has 1 aromatic rings. The van der Waals surface area contributed by atoms with Crippen LogP contribution in [0, 0.1) is 11.8 Å². The molecule has 3 heteroatoms. The van der Waals surface area contributed by atoms with Gasteiger partial charge in [-0.15, -0.1) is 11.3 Å². The van der Waals surface area contributed by atoms with Crippen molar-refractivity contribution in [3.8, 4) is 0 Å². The highest BCUT2D eigenvalue weighted by molar-refractivity contribution is 7.15. The Balaban J connectivity index is 1.74. The van der Waals surface area contributed by atoms with Crippen LogP contribution in [0.25, 0.3) is 0 Å². The Bertz CT molecular complexity index is 379. The van der Waals surface area contributed by atoms with Gasteiger partial charge in [0.05, 0.1) is 5.69 Å². The quantitative estimate of drug-likeness (QED) is 0.869. The number of anilines is 1. The van der Waals surface area contributed by atoms with E-state index in [1.54, 1.807) is 4.88 Å². The molecule has 0 radical (unpaired) electrons. The maximum Gasteiger partial charge on any atom is 0.183 e. The van der Waals surface area contributed by atoms with Crippen LogP contribution in [0.5, 0.6) is 0 Å². The molecule has 0 aromatic carbocycles. The Kier molecular flexibility index (Phi) is 2.66. The lowest BCUT2D eigenvalue weighted by molar-refractivity contribution is 0.344. The van der Waals surface area contributed by atoms with Gasteiger partial charge >= 0.3 is 0 Å². The average Bonchev–Trinajstić information content (AvgIpc) is 2.96. The molecule has 88 valence electrons. The minimum Gasteiger partial charge on any atom is -0.359 e. The number of nitrogens with zero attached hydrogens (tertiary/aromatic N) is 1. The zero-order valence-corrected chi connectivity index (χ0v) is 10.9. The Hall–Kier alpha value is -0.570. The van der Waals surface area contributed by atoms with E-state index in [1.165, 1.54) is 42.9 Å². The van der Waals surface area contributed by atoms with Crippen molar-refractivity contribution in [3.05, 3.63) is 10.6 Å². The van der Waals surface area contributed by atoms with E-state index in [9.17, 15) is 0 Å². The van der Waals surface area contributed by atoms with E-state index in [-0.39, 0.29) is 0 Å². The van der Waals surface area contributed by atoms with Gasteiger partial charge in [0.1, 0.15) is 0 Å². The molecule has 2 aliphatic rings. The molecule has 1 fully saturated rings. The second-order valence-corrected chi connectivity index (χ2v) is 6.64. The second kappa shape index (κ2) is 4.02. The fraction of sp³-hybridized carbons (Fsp3) is 0.769. The lowest BCUT2D eigenvalue weighted by Crippen LogP contribution is -2.17. The van der Waals surface area contributed by atoms with Crippen molar-refractivity contribution >= 4 is 16.5 Å². The summed E-state index contributed by atoms with van der Waals surface area (Å²) in [6.45, 7) is 4.69. The normalized spacial score (nSPS) is 24.6. The molecule has 1 aromatic heterocycles. The molecule has 0 aliphatic heterocycles. The lowest BCUT2D eigenvalue weighted by Gasteiger charge is -2.24. The number of rotatable bonds is 3. The molecule has 0 saturated heterocycles. The number of hydrogen-bond acceptors (Lipinski definition) is 3. The number of hydrogen-bond donors (Lipinski definition) is 1. The average molecular weight is 236 g/mol. The van der Waals surface area contributed by atoms with Gasteiger partial charge < -0.3 is 5.32 Å². The standard InChI is InChI=1S/C13H20N2S/c1-8(2)9-3-6-11-12(7-9)16-13(15-11)14-10-4-5-10/h8-10H,3-7H2,1-2H3,(H,14,15). The van der Waals surface area contributed by atoms with Gasteiger partial charge in [-0.3, -0.25) is 0 Å². The Morgan fingerprint density at radius 2 is 2.12 bits per heavy atom. The SMILES string of the molecule is CC(C)C1CCc2nc(NC3CC3)sc2C1. The largest absolute Gasteiger partial charge is 0.359 e. The molecule has 1 unspecified atom stereocenters. The van der Waals surface area contributed by atoms with Crippen molar-refractivity contribution in [2.24, 2.45) is 11.8 Å². The van der Waals surface area contributed by atoms with Gasteiger partial charge in [-0.1, -0.05) is 13.8 Å². The van der Waals surface area contributed by atoms with Gasteiger partial charge in [0.25, 0.3) is 0 Å². The van der Waals surface area contributed by atoms with E-state index < -0.39 is 0 Å². The van der Waals surface area contributed by atoms with Crippen molar-refractivity contribution in [2.75, 3.05) is 5.32 Å². The first-order chi connectivity index (χ1) is 7.72. The van der Waals surface area contributed by atoms with Crippen LogP contribution in [-0.4, -0.2) is 11.0 Å². The van der Waals surface area contributed by atoms with E-state index in [2.05, 4.69) is 19.2 Å². The summed E-state index contributed by atoms with van der Waals surface area (Å²) in [5.74, 6) is 1.69. The number of fused-ring (bicyclic) bond motifs is 1. The maximum atomic E-state index is 4.73. The summed E-state index contributed by atoms with van der Waals surface area (Å²) in [6.07, 6.45) is 6.45. The first-order valence-corrected chi connectivity index (χ1v) is 7.29. The summed E-state index contributed by atoms with van der Waals surface area (Å²) in [7, 11) is 0. The number of aromatic nitrogens is 1. The molecule has 0 bridgehead atoms. The summed E-state index contributed by atoms with van der Waals surface area (Å²) in [5.41, 5.74) is 1.38. The minimum atomic E-state index is 0.730. The number of nitrogens with one attached hydrogen (secondary N) is 1. The summed E-state index contributed by atoms with van der Waals surface area (Å²) in [4.78, 5) is 6.28. The molecule has 1 atom stereocenters. The molecule has 3 rings (SSSR count). The Labute approximate surface area is 101 Å². The Morgan fingerprint density at radius 1 is 1.31 bits per heavy atom. The molecule has 0 spiro atoms. The molecular weight excluding hydrogens is 216 g/mol. The predicted octanol–water partition coefficient (Wildman–Crippen LogP) is 3.48. The molecule has 2 nitrogen and oxygen atoms in total. The second-order valence-electron chi connectivity index (χ2n) is 5.55. The minimum absolute atomic E-state index is 0.730.